The van der Waals surface area contributed by atoms with Crippen molar-refractivity contribution in [3.8, 4) is 0 Å². The smallest absolute Gasteiger partial charge is 0.0671 e. The molecule has 3 heteroatoms. The van der Waals surface area contributed by atoms with Gasteiger partial charge in [0.1, 0.15) is 0 Å². The van der Waals surface area contributed by atoms with Crippen molar-refractivity contribution in [2.45, 2.75) is 37.5 Å². The Morgan fingerprint density at radius 2 is 2.20 bits per heavy atom. The third-order valence-corrected chi connectivity index (χ3v) is 3.65. The van der Waals surface area contributed by atoms with Crippen LogP contribution >= 0.6 is 0 Å². The van der Waals surface area contributed by atoms with E-state index in [4.69, 9.17) is 0 Å². The number of nitrogens with zero attached hydrogens (tertiary/aromatic N) is 2. The molecule has 2 aliphatic rings. The fourth-order valence-electron chi connectivity index (χ4n) is 2.57. The first-order chi connectivity index (χ1) is 7.34. The van der Waals surface area contributed by atoms with Gasteiger partial charge in [-0.2, -0.15) is 5.10 Å². The van der Waals surface area contributed by atoms with Crippen LogP contribution in [0.4, 0.5) is 0 Å². The molecule has 2 heterocycles. The van der Waals surface area contributed by atoms with E-state index >= 15 is 0 Å². The van der Waals surface area contributed by atoms with Crippen molar-refractivity contribution in [3.63, 3.8) is 0 Å². The second-order valence-corrected chi connectivity index (χ2v) is 4.94. The van der Waals surface area contributed by atoms with Crippen LogP contribution < -0.4 is 5.32 Å². The lowest BCUT2D eigenvalue weighted by Crippen LogP contribution is -2.28. The predicted molar refractivity (Wildman–Crippen MR) is 60.0 cm³/mol. The molecule has 0 bridgehead atoms. The van der Waals surface area contributed by atoms with Gasteiger partial charge >= 0.3 is 0 Å². The monoisotopic (exact) mass is 205 g/mol. The number of piperidine rings is 1. The minimum atomic E-state index is 0.650. The highest BCUT2D eigenvalue weighted by atomic mass is 15.3. The zero-order chi connectivity index (χ0) is 10.3. The highest BCUT2D eigenvalue weighted by Crippen LogP contribution is 2.40. The van der Waals surface area contributed by atoms with Crippen molar-refractivity contribution in [3.05, 3.63) is 17.5 Å². The second kappa shape index (κ2) is 3.63. The van der Waals surface area contributed by atoms with Crippen molar-refractivity contribution in [2.24, 2.45) is 7.05 Å². The summed E-state index contributed by atoms with van der Waals surface area (Å²) in [5.74, 6) is 1.46. The number of nitrogens with one attached hydrogen (secondary N) is 1. The van der Waals surface area contributed by atoms with Gasteiger partial charge in [0.25, 0.3) is 0 Å². The molecular formula is C12H19N3. The van der Waals surface area contributed by atoms with Crippen LogP contribution in [0.3, 0.4) is 0 Å². The minimum absolute atomic E-state index is 0.650. The summed E-state index contributed by atoms with van der Waals surface area (Å²) in [7, 11) is 2.09. The molecular weight excluding hydrogens is 186 g/mol. The van der Waals surface area contributed by atoms with Crippen molar-refractivity contribution < 1.29 is 0 Å². The summed E-state index contributed by atoms with van der Waals surface area (Å²) in [6.45, 7) is 2.29. The molecule has 1 aliphatic carbocycles. The summed E-state index contributed by atoms with van der Waals surface area (Å²) >= 11 is 0. The molecule has 1 N–H and O–H groups in total. The number of hydrogen-bond acceptors (Lipinski definition) is 2. The molecule has 1 saturated heterocycles. The lowest BCUT2D eigenvalue weighted by Gasteiger charge is -2.20. The number of hydrogen-bond donors (Lipinski definition) is 1. The first kappa shape index (κ1) is 9.40. The number of aromatic nitrogens is 2. The van der Waals surface area contributed by atoms with Gasteiger partial charge in [-0.1, -0.05) is 0 Å². The number of rotatable bonds is 2. The van der Waals surface area contributed by atoms with Gasteiger partial charge in [-0.05, 0) is 38.3 Å². The Hall–Kier alpha value is -0.830. The van der Waals surface area contributed by atoms with Gasteiger partial charge in [-0.3, -0.25) is 4.68 Å². The summed E-state index contributed by atoms with van der Waals surface area (Å²) in [5, 5.41) is 8.13. The van der Waals surface area contributed by atoms with Gasteiger partial charge in [0.15, 0.2) is 0 Å². The van der Waals surface area contributed by atoms with Crippen LogP contribution in [-0.2, 0) is 7.05 Å². The van der Waals surface area contributed by atoms with Crippen LogP contribution in [-0.4, -0.2) is 22.9 Å². The van der Waals surface area contributed by atoms with Gasteiger partial charge in [0.2, 0.25) is 0 Å². The molecule has 0 spiro atoms. The van der Waals surface area contributed by atoms with E-state index in [9.17, 15) is 0 Å². The summed E-state index contributed by atoms with van der Waals surface area (Å²) in [6.07, 6.45) is 5.32. The van der Waals surface area contributed by atoms with Crippen LogP contribution in [0.1, 0.15) is 48.9 Å². The molecule has 15 heavy (non-hydrogen) atoms. The maximum absolute atomic E-state index is 4.67. The van der Waals surface area contributed by atoms with Gasteiger partial charge in [0.05, 0.1) is 5.69 Å². The molecule has 1 saturated carbocycles. The second-order valence-electron chi connectivity index (χ2n) is 4.94. The quantitative estimate of drug-likeness (QED) is 0.797. The molecule has 1 aromatic rings. The molecule has 82 valence electrons. The Balaban J connectivity index is 1.81. The van der Waals surface area contributed by atoms with Crippen molar-refractivity contribution >= 4 is 0 Å². The fraction of sp³-hybridized carbons (Fsp3) is 0.750. The van der Waals surface area contributed by atoms with Gasteiger partial charge in [-0.25, -0.2) is 0 Å². The standard InChI is InChI=1S/C12H19N3/c1-15-12(9-4-5-9)7-11(14-15)10-3-2-6-13-8-10/h7,9-10,13H,2-6,8H2,1H3. The molecule has 0 radical (unpaired) electrons. The zero-order valence-corrected chi connectivity index (χ0v) is 9.37. The summed E-state index contributed by atoms with van der Waals surface area (Å²) < 4.78 is 2.10. The zero-order valence-electron chi connectivity index (χ0n) is 9.37. The average Bonchev–Trinajstić information content (AvgIpc) is 3.04. The van der Waals surface area contributed by atoms with E-state index in [0.717, 1.165) is 12.5 Å². The van der Waals surface area contributed by atoms with Crippen LogP contribution in [0, 0.1) is 0 Å². The molecule has 3 nitrogen and oxygen atoms in total. The fourth-order valence-corrected chi connectivity index (χ4v) is 2.57. The Kier molecular flexibility index (Phi) is 2.28. The highest BCUT2D eigenvalue weighted by Gasteiger charge is 2.28. The third kappa shape index (κ3) is 1.81. The van der Waals surface area contributed by atoms with Gasteiger partial charge in [-0.15, -0.1) is 0 Å². The summed E-state index contributed by atoms with van der Waals surface area (Å²) in [6, 6.07) is 2.34. The minimum Gasteiger partial charge on any atom is -0.316 e. The lowest BCUT2D eigenvalue weighted by molar-refractivity contribution is 0.451. The maximum atomic E-state index is 4.67. The normalized spacial score (nSPS) is 26.9. The molecule has 2 fully saturated rings. The highest BCUT2D eigenvalue weighted by molar-refractivity contribution is 5.22. The number of aryl methyl sites for hydroxylation is 1. The van der Waals surface area contributed by atoms with Crippen molar-refractivity contribution in [1.82, 2.24) is 15.1 Å². The van der Waals surface area contributed by atoms with E-state index in [1.54, 1.807) is 0 Å². The van der Waals surface area contributed by atoms with Crippen LogP contribution in [0.15, 0.2) is 6.07 Å². The van der Waals surface area contributed by atoms with E-state index in [0.29, 0.717) is 5.92 Å². The van der Waals surface area contributed by atoms with E-state index in [-0.39, 0.29) is 0 Å². The van der Waals surface area contributed by atoms with E-state index in [1.807, 2.05) is 0 Å². The maximum Gasteiger partial charge on any atom is 0.0671 e. The Morgan fingerprint density at radius 3 is 2.87 bits per heavy atom. The van der Waals surface area contributed by atoms with Crippen LogP contribution in [0.2, 0.25) is 0 Å². The molecule has 0 aromatic carbocycles. The Bertz CT molecular complexity index is 346. The van der Waals surface area contributed by atoms with Crippen LogP contribution in [0.25, 0.3) is 0 Å². The molecule has 1 atom stereocenters. The largest absolute Gasteiger partial charge is 0.316 e. The Morgan fingerprint density at radius 1 is 1.33 bits per heavy atom. The van der Waals surface area contributed by atoms with Crippen LogP contribution in [0.5, 0.6) is 0 Å². The SMILES string of the molecule is Cn1nc(C2CCCNC2)cc1C1CC1. The lowest BCUT2D eigenvalue weighted by atomic mass is 9.96. The molecule has 1 aromatic heterocycles. The molecule has 3 rings (SSSR count). The van der Waals surface area contributed by atoms with Crippen molar-refractivity contribution in [2.75, 3.05) is 13.1 Å². The summed E-state index contributed by atoms with van der Waals surface area (Å²) in [5.41, 5.74) is 2.77. The van der Waals surface area contributed by atoms with E-state index in [1.165, 1.54) is 43.6 Å². The average molecular weight is 205 g/mol. The Labute approximate surface area is 90.9 Å². The topological polar surface area (TPSA) is 29.9 Å². The summed E-state index contributed by atoms with van der Waals surface area (Å²) in [4.78, 5) is 0. The molecule has 1 unspecified atom stereocenters. The van der Waals surface area contributed by atoms with Gasteiger partial charge in [0, 0.05) is 31.1 Å². The third-order valence-electron chi connectivity index (χ3n) is 3.65. The first-order valence-corrected chi connectivity index (χ1v) is 6.09. The molecule has 0 amide bonds. The molecule has 1 aliphatic heterocycles. The first-order valence-electron chi connectivity index (χ1n) is 6.09. The van der Waals surface area contributed by atoms with Crippen molar-refractivity contribution in [1.29, 1.82) is 0 Å². The van der Waals surface area contributed by atoms with Gasteiger partial charge < -0.3 is 5.32 Å². The van der Waals surface area contributed by atoms with E-state index < -0.39 is 0 Å². The predicted octanol–water partition coefficient (Wildman–Crippen LogP) is 1.76. The van der Waals surface area contributed by atoms with E-state index in [2.05, 4.69) is 28.2 Å².